The Morgan fingerprint density at radius 1 is 0.213 bits per heavy atom. The summed E-state index contributed by atoms with van der Waals surface area (Å²) >= 11 is 1.81. The number of hydrogen-bond acceptors (Lipinski definition) is 4. The first-order chi connectivity index (χ1) is 30.2. The Balaban J connectivity index is 0.920. The Morgan fingerprint density at radius 2 is 0.607 bits per heavy atom. The van der Waals surface area contributed by atoms with Gasteiger partial charge in [0.05, 0.1) is 0 Å². The van der Waals surface area contributed by atoms with Crippen molar-refractivity contribution in [2.24, 2.45) is 0 Å². The average Bonchev–Trinajstić information content (AvgIpc) is 3.72. The normalized spacial score (nSPS) is 11.6. The van der Waals surface area contributed by atoms with Crippen LogP contribution in [0.4, 0.5) is 0 Å². The lowest BCUT2D eigenvalue weighted by Gasteiger charge is -2.12. The molecule has 3 nitrogen and oxygen atoms in total. The van der Waals surface area contributed by atoms with Crippen LogP contribution in [-0.2, 0) is 0 Å². The van der Waals surface area contributed by atoms with E-state index in [0.717, 1.165) is 27.8 Å². The summed E-state index contributed by atoms with van der Waals surface area (Å²) in [6, 6.07) is 76.0. The highest BCUT2D eigenvalue weighted by Gasteiger charge is 2.16. The van der Waals surface area contributed by atoms with Gasteiger partial charge in [-0.1, -0.05) is 176 Å². The van der Waals surface area contributed by atoms with Crippen LogP contribution in [0.1, 0.15) is 0 Å². The number of benzene rings is 10. The quantitative estimate of drug-likeness (QED) is 0.157. The third kappa shape index (κ3) is 6.24. The second-order valence-electron chi connectivity index (χ2n) is 15.6. The fourth-order valence-electron chi connectivity index (χ4n) is 8.88. The van der Waals surface area contributed by atoms with Crippen LogP contribution >= 0.6 is 11.3 Å². The molecule has 0 amide bonds. The lowest BCUT2D eigenvalue weighted by atomic mass is 9.91. The van der Waals surface area contributed by atoms with Crippen molar-refractivity contribution in [3.05, 3.63) is 212 Å². The number of aromatic nitrogens is 3. The first-order valence-electron chi connectivity index (χ1n) is 20.6. The Hall–Kier alpha value is -7.79. The molecule has 0 unspecified atom stereocenters. The van der Waals surface area contributed by atoms with Crippen LogP contribution in [0.15, 0.2) is 212 Å². The molecule has 0 aliphatic heterocycles. The van der Waals surface area contributed by atoms with Gasteiger partial charge in [0.25, 0.3) is 0 Å². The van der Waals surface area contributed by atoms with E-state index in [2.05, 4.69) is 188 Å². The lowest BCUT2D eigenvalue weighted by Crippen LogP contribution is -2.00. The van der Waals surface area contributed by atoms with Crippen LogP contribution in [0, 0.1) is 0 Å². The summed E-state index contributed by atoms with van der Waals surface area (Å²) in [5.41, 5.74) is 9.95. The van der Waals surface area contributed by atoms with Crippen molar-refractivity contribution < 1.29 is 0 Å². The Morgan fingerprint density at radius 3 is 1.25 bits per heavy atom. The molecular weight excluding hydrogens is 759 g/mol. The smallest absolute Gasteiger partial charge is 0.164 e. The summed E-state index contributed by atoms with van der Waals surface area (Å²) in [5, 5.41) is 10.2. The van der Waals surface area contributed by atoms with Crippen molar-refractivity contribution >= 4 is 63.8 Å². The van der Waals surface area contributed by atoms with Gasteiger partial charge in [0.1, 0.15) is 0 Å². The highest BCUT2D eigenvalue weighted by atomic mass is 32.1. The second-order valence-corrected chi connectivity index (χ2v) is 16.7. The Bertz CT molecular complexity index is 3610. The van der Waals surface area contributed by atoms with E-state index in [1.54, 1.807) is 11.3 Å². The Labute approximate surface area is 356 Å². The number of fused-ring (bicyclic) bond motifs is 9. The van der Waals surface area contributed by atoms with Gasteiger partial charge < -0.3 is 0 Å². The topological polar surface area (TPSA) is 38.7 Å². The van der Waals surface area contributed by atoms with Crippen molar-refractivity contribution in [3.8, 4) is 67.5 Å². The molecule has 0 saturated carbocycles. The molecule has 12 aromatic rings. The zero-order chi connectivity index (χ0) is 40.3. The molecule has 284 valence electrons. The predicted molar refractivity (Wildman–Crippen MR) is 258 cm³/mol. The fourth-order valence-corrected chi connectivity index (χ4v) is 10.0. The van der Waals surface area contributed by atoms with Gasteiger partial charge in [-0.25, -0.2) is 15.0 Å². The molecule has 4 heteroatoms. The monoisotopic (exact) mass is 793 g/mol. The molecule has 0 aliphatic rings. The van der Waals surface area contributed by atoms with E-state index >= 15 is 0 Å². The number of rotatable bonds is 6. The van der Waals surface area contributed by atoms with Crippen molar-refractivity contribution in [3.63, 3.8) is 0 Å². The summed E-state index contributed by atoms with van der Waals surface area (Å²) in [6.07, 6.45) is 0. The third-order valence-corrected chi connectivity index (χ3v) is 13.0. The van der Waals surface area contributed by atoms with E-state index in [4.69, 9.17) is 15.0 Å². The van der Waals surface area contributed by atoms with E-state index in [1.165, 1.54) is 74.7 Å². The molecule has 10 aromatic carbocycles. The van der Waals surface area contributed by atoms with Gasteiger partial charge in [-0.3, -0.25) is 0 Å². The largest absolute Gasteiger partial charge is 0.208 e. The van der Waals surface area contributed by atoms with Crippen molar-refractivity contribution in [2.75, 3.05) is 0 Å². The molecule has 0 aliphatic carbocycles. The van der Waals surface area contributed by atoms with Crippen LogP contribution in [0.3, 0.4) is 0 Å². The zero-order valence-corrected chi connectivity index (χ0v) is 33.8. The first-order valence-corrected chi connectivity index (χ1v) is 21.4. The first kappa shape index (κ1) is 35.2. The molecule has 0 N–H and O–H groups in total. The summed E-state index contributed by atoms with van der Waals surface area (Å²) < 4.78 is 2.45. The van der Waals surface area contributed by atoms with Crippen LogP contribution < -0.4 is 0 Å². The SMILES string of the molecule is c1ccc(-c2cccc(-c3nc(-c4ccccc4)nc(-c4ccc5c(c4)sc4ccc(-c6cccc(-c7ccc8c9ccccc9c9ccccc9c8c7)c6)cc45)n3)c2)cc1. The maximum absolute atomic E-state index is 5.11. The molecular formula is C57H35N3S. The number of thiophene rings is 1. The van der Waals surface area contributed by atoms with Crippen LogP contribution in [0.2, 0.25) is 0 Å². The molecule has 12 rings (SSSR count). The van der Waals surface area contributed by atoms with Gasteiger partial charge in [-0.05, 0) is 102 Å². The van der Waals surface area contributed by atoms with E-state index in [0.29, 0.717) is 17.5 Å². The van der Waals surface area contributed by atoms with E-state index in [-0.39, 0.29) is 0 Å². The minimum absolute atomic E-state index is 0.649. The molecule has 0 saturated heterocycles. The zero-order valence-electron chi connectivity index (χ0n) is 33.0. The third-order valence-electron chi connectivity index (χ3n) is 11.9. The van der Waals surface area contributed by atoms with Gasteiger partial charge in [0, 0.05) is 36.9 Å². The summed E-state index contributed by atoms with van der Waals surface area (Å²) in [7, 11) is 0. The molecule has 0 spiro atoms. The molecule has 61 heavy (non-hydrogen) atoms. The van der Waals surface area contributed by atoms with Crippen LogP contribution in [0.25, 0.3) is 120 Å². The van der Waals surface area contributed by atoms with Crippen LogP contribution in [-0.4, -0.2) is 15.0 Å². The molecule has 0 fully saturated rings. The molecule has 0 atom stereocenters. The number of hydrogen-bond donors (Lipinski definition) is 0. The minimum Gasteiger partial charge on any atom is -0.208 e. The maximum atomic E-state index is 5.11. The van der Waals surface area contributed by atoms with E-state index < -0.39 is 0 Å². The fraction of sp³-hybridized carbons (Fsp3) is 0. The number of nitrogens with zero attached hydrogens (tertiary/aromatic N) is 3. The summed E-state index contributed by atoms with van der Waals surface area (Å²) in [6.45, 7) is 0. The summed E-state index contributed by atoms with van der Waals surface area (Å²) in [4.78, 5) is 15.2. The molecule has 2 heterocycles. The van der Waals surface area contributed by atoms with Gasteiger partial charge in [0.2, 0.25) is 0 Å². The minimum atomic E-state index is 0.649. The van der Waals surface area contributed by atoms with Crippen molar-refractivity contribution in [1.82, 2.24) is 15.0 Å². The van der Waals surface area contributed by atoms with Gasteiger partial charge in [0.15, 0.2) is 17.5 Å². The lowest BCUT2D eigenvalue weighted by molar-refractivity contribution is 1.07. The molecule has 2 aromatic heterocycles. The molecule has 0 radical (unpaired) electrons. The Kier molecular flexibility index (Phi) is 8.36. The second kappa shape index (κ2) is 14.5. The molecule has 0 bridgehead atoms. The van der Waals surface area contributed by atoms with Gasteiger partial charge in [-0.15, -0.1) is 11.3 Å². The standard InChI is InChI=1S/C57H35N3S/c1-3-13-36(14-4-1)38-17-12-20-43(32-38)56-58-55(37-15-5-2-6-16-37)59-57(60-56)44-26-29-50-52-34-42(27-30-53(52)61-54(50)35-44)40-19-11-18-39(31-40)41-25-28-49-47-23-8-7-21-45(47)46-22-9-10-24-48(46)51(49)33-41/h1-35H. The summed E-state index contributed by atoms with van der Waals surface area (Å²) in [5.74, 6) is 1.95. The van der Waals surface area contributed by atoms with E-state index in [9.17, 15) is 0 Å². The van der Waals surface area contributed by atoms with Crippen molar-refractivity contribution in [2.45, 2.75) is 0 Å². The predicted octanol–water partition coefficient (Wildman–Crippen LogP) is 15.7. The highest BCUT2D eigenvalue weighted by molar-refractivity contribution is 7.25. The maximum Gasteiger partial charge on any atom is 0.164 e. The average molecular weight is 794 g/mol. The highest BCUT2D eigenvalue weighted by Crippen LogP contribution is 2.41. The van der Waals surface area contributed by atoms with Gasteiger partial charge >= 0.3 is 0 Å². The van der Waals surface area contributed by atoms with Crippen LogP contribution in [0.5, 0.6) is 0 Å². The van der Waals surface area contributed by atoms with Gasteiger partial charge in [-0.2, -0.15) is 0 Å². The van der Waals surface area contributed by atoms with Crippen molar-refractivity contribution in [1.29, 1.82) is 0 Å². The van der Waals surface area contributed by atoms with E-state index in [1.807, 2.05) is 24.3 Å².